The van der Waals surface area contributed by atoms with E-state index in [1.165, 1.54) is 0 Å². The SMILES string of the molecule is C[C@H]1C[C@H](O)[C@@H](CO)C1=O. The van der Waals surface area contributed by atoms with Crippen LogP contribution in [0.3, 0.4) is 0 Å². The molecule has 0 saturated heterocycles. The van der Waals surface area contributed by atoms with E-state index in [2.05, 4.69) is 0 Å². The highest BCUT2D eigenvalue weighted by Gasteiger charge is 2.37. The van der Waals surface area contributed by atoms with Crippen LogP contribution in [0.15, 0.2) is 0 Å². The van der Waals surface area contributed by atoms with Gasteiger partial charge in [-0.2, -0.15) is 0 Å². The van der Waals surface area contributed by atoms with Gasteiger partial charge in [0.05, 0.1) is 18.6 Å². The summed E-state index contributed by atoms with van der Waals surface area (Å²) < 4.78 is 0. The second-order valence-electron chi connectivity index (χ2n) is 2.90. The molecule has 0 spiro atoms. The van der Waals surface area contributed by atoms with E-state index < -0.39 is 12.0 Å². The van der Waals surface area contributed by atoms with E-state index in [4.69, 9.17) is 10.2 Å². The summed E-state index contributed by atoms with van der Waals surface area (Å²) in [6.07, 6.45) is -0.114. The molecule has 1 aliphatic rings. The van der Waals surface area contributed by atoms with Crippen molar-refractivity contribution in [2.24, 2.45) is 11.8 Å². The zero-order chi connectivity index (χ0) is 7.72. The van der Waals surface area contributed by atoms with Crippen LogP contribution < -0.4 is 0 Å². The molecule has 2 N–H and O–H groups in total. The summed E-state index contributed by atoms with van der Waals surface area (Å²) in [5.74, 6) is -0.600. The molecule has 1 rings (SSSR count). The molecule has 3 heteroatoms. The van der Waals surface area contributed by atoms with Crippen LogP contribution in [0.25, 0.3) is 0 Å². The molecule has 0 bridgehead atoms. The molecule has 1 saturated carbocycles. The maximum atomic E-state index is 11.0. The largest absolute Gasteiger partial charge is 0.396 e. The zero-order valence-electron chi connectivity index (χ0n) is 5.95. The first-order chi connectivity index (χ1) is 4.66. The Morgan fingerprint density at radius 2 is 2.30 bits per heavy atom. The second kappa shape index (κ2) is 2.68. The molecule has 3 nitrogen and oxygen atoms in total. The van der Waals surface area contributed by atoms with E-state index in [1.54, 1.807) is 6.92 Å². The number of hydrogen-bond acceptors (Lipinski definition) is 3. The standard InChI is InChI=1S/C7H12O3/c1-4-2-6(9)5(3-8)7(4)10/h4-6,8-9H,2-3H2,1H3/t4-,5+,6-/m0/s1. The van der Waals surface area contributed by atoms with Gasteiger partial charge in [0.15, 0.2) is 0 Å². The zero-order valence-corrected chi connectivity index (χ0v) is 5.95. The third kappa shape index (κ3) is 1.07. The lowest BCUT2D eigenvalue weighted by Gasteiger charge is -2.07. The van der Waals surface area contributed by atoms with Crippen molar-refractivity contribution in [2.45, 2.75) is 19.4 Å². The van der Waals surface area contributed by atoms with Crippen LogP contribution in [0.2, 0.25) is 0 Å². The molecular formula is C7H12O3. The van der Waals surface area contributed by atoms with Crippen LogP contribution in [0.4, 0.5) is 0 Å². The number of carbonyl (C=O) groups is 1. The number of aliphatic hydroxyl groups is 2. The van der Waals surface area contributed by atoms with Crippen LogP contribution in [0.1, 0.15) is 13.3 Å². The predicted octanol–water partition coefficient (Wildman–Crippen LogP) is -0.435. The summed E-state index contributed by atoms with van der Waals surface area (Å²) >= 11 is 0. The lowest BCUT2D eigenvalue weighted by molar-refractivity contribution is -0.125. The number of rotatable bonds is 1. The van der Waals surface area contributed by atoms with Crippen molar-refractivity contribution in [3.8, 4) is 0 Å². The molecule has 0 amide bonds. The minimum absolute atomic E-state index is 0.00463. The first-order valence-corrected chi connectivity index (χ1v) is 3.49. The van der Waals surface area contributed by atoms with Crippen molar-refractivity contribution in [1.82, 2.24) is 0 Å². The lowest BCUT2D eigenvalue weighted by atomic mass is 10.1. The fraction of sp³-hybridized carbons (Fsp3) is 0.857. The molecule has 0 unspecified atom stereocenters. The van der Waals surface area contributed by atoms with Crippen molar-refractivity contribution >= 4 is 5.78 Å². The Bertz CT molecular complexity index is 144. The van der Waals surface area contributed by atoms with Crippen LogP contribution in [-0.2, 0) is 4.79 Å². The van der Waals surface area contributed by atoms with Crippen LogP contribution in [-0.4, -0.2) is 28.7 Å². The normalized spacial score (nSPS) is 40.7. The fourth-order valence-corrected chi connectivity index (χ4v) is 1.41. The third-order valence-corrected chi connectivity index (χ3v) is 2.11. The summed E-state index contributed by atoms with van der Waals surface area (Å²) in [7, 11) is 0. The van der Waals surface area contributed by atoms with E-state index in [-0.39, 0.29) is 18.3 Å². The van der Waals surface area contributed by atoms with Crippen LogP contribution in [0.5, 0.6) is 0 Å². The second-order valence-corrected chi connectivity index (χ2v) is 2.90. The van der Waals surface area contributed by atoms with Gasteiger partial charge in [0.1, 0.15) is 5.78 Å². The van der Waals surface area contributed by atoms with Gasteiger partial charge in [0.2, 0.25) is 0 Å². The first-order valence-electron chi connectivity index (χ1n) is 3.49. The van der Waals surface area contributed by atoms with E-state index in [0.717, 1.165) is 0 Å². The molecule has 1 fully saturated rings. The molecular weight excluding hydrogens is 132 g/mol. The van der Waals surface area contributed by atoms with Crippen LogP contribution in [0, 0.1) is 11.8 Å². The highest BCUT2D eigenvalue weighted by molar-refractivity contribution is 5.86. The summed E-state index contributed by atoms with van der Waals surface area (Å²) in [6.45, 7) is 1.56. The van der Waals surface area contributed by atoms with Gasteiger partial charge in [0, 0.05) is 5.92 Å². The van der Waals surface area contributed by atoms with Gasteiger partial charge in [-0.1, -0.05) is 6.92 Å². The Morgan fingerprint density at radius 3 is 2.50 bits per heavy atom. The summed E-state index contributed by atoms with van der Waals surface area (Å²) in [4.78, 5) is 11.0. The van der Waals surface area contributed by atoms with E-state index in [9.17, 15) is 4.79 Å². The number of carbonyl (C=O) groups excluding carboxylic acids is 1. The Kier molecular flexibility index (Phi) is 2.06. The van der Waals surface area contributed by atoms with Crippen molar-refractivity contribution in [1.29, 1.82) is 0 Å². The maximum absolute atomic E-state index is 11.0. The third-order valence-electron chi connectivity index (χ3n) is 2.11. The highest BCUT2D eigenvalue weighted by atomic mass is 16.3. The number of hydrogen-bond donors (Lipinski definition) is 2. The number of Topliss-reactive ketones (excluding diaryl/α,β-unsaturated/α-hetero) is 1. The number of ketones is 1. The fourth-order valence-electron chi connectivity index (χ4n) is 1.41. The van der Waals surface area contributed by atoms with Gasteiger partial charge in [-0.15, -0.1) is 0 Å². The van der Waals surface area contributed by atoms with E-state index >= 15 is 0 Å². The van der Waals surface area contributed by atoms with E-state index in [0.29, 0.717) is 6.42 Å². The molecule has 0 aromatic rings. The minimum Gasteiger partial charge on any atom is -0.396 e. The average molecular weight is 144 g/mol. The molecule has 0 aliphatic heterocycles. The van der Waals surface area contributed by atoms with Crippen molar-refractivity contribution < 1.29 is 15.0 Å². The molecule has 0 radical (unpaired) electrons. The molecule has 1 aliphatic carbocycles. The summed E-state index contributed by atoms with van der Waals surface area (Å²) in [5, 5.41) is 17.8. The van der Waals surface area contributed by atoms with Crippen molar-refractivity contribution in [3.63, 3.8) is 0 Å². The molecule has 58 valence electrons. The Hall–Kier alpha value is -0.410. The predicted molar refractivity (Wildman–Crippen MR) is 35.4 cm³/mol. The highest BCUT2D eigenvalue weighted by Crippen LogP contribution is 2.26. The van der Waals surface area contributed by atoms with Gasteiger partial charge in [-0.3, -0.25) is 4.79 Å². The molecule has 0 heterocycles. The number of aliphatic hydroxyl groups excluding tert-OH is 2. The van der Waals surface area contributed by atoms with Crippen molar-refractivity contribution in [2.75, 3.05) is 6.61 Å². The average Bonchev–Trinajstić information content (AvgIpc) is 2.09. The lowest BCUT2D eigenvalue weighted by Crippen LogP contribution is -2.23. The van der Waals surface area contributed by atoms with Gasteiger partial charge in [-0.05, 0) is 6.42 Å². The van der Waals surface area contributed by atoms with Gasteiger partial charge < -0.3 is 10.2 Å². The maximum Gasteiger partial charge on any atom is 0.143 e. The van der Waals surface area contributed by atoms with Crippen molar-refractivity contribution in [3.05, 3.63) is 0 Å². The molecule has 10 heavy (non-hydrogen) atoms. The van der Waals surface area contributed by atoms with Gasteiger partial charge >= 0.3 is 0 Å². The Labute approximate surface area is 59.7 Å². The minimum atomic E-state index is -0.618. The summed E-state index contributed by atoms with van der Waals surface area (Å²) in [5.41, 5.74) is 0. The van der Waals surface area contributed by atoms with Gasteiger partial charge in [0.25, 0.3) is 0 Å². The smallest absolute Gasteiger partial charge is 0.143 e. The monoisotopic (exact) mass is 144 g/mol. The van der Waals surface area contributed by atoms with Gasteiger partial charge in [-0.25, -0.2) is 0 Å². The summed E-state index contributed by atoms with van der Waals surface area (Å²) in [6, 6.07) is 0. The van der Waals surface area contributed by atoms with Crippen LogP contribution >= 0.6 is 0 Å². The Balaban J connectivity index is 2.64. The molecule has 0 aromatic heterocycles. The quantitative estimate of drug-likeness (QED) is 0.524. The molecule has 0 aromatic carbocycles. The topological polar surface area (TPSA) is 57.5 Å². The molecule has 3 atom stereocenters. The first kappa shape index (κ1) is 7.69. The van der Waals surface area contributed by atoms with E-state index in [1.807, 2.05) is 0 Å². The Morgan fingerprint density at radius 1 is 1.70 bits per heavy atom.